The SMILES string of the molecule is CN(CCCC1CCCC1)C(=O)c1cc(O)ccc1F. The third kappa shape index (κ3) is 3.71. The third-order valence-electron chi connectivity index (χ3n) is 4.11. The Labute approximate surface area is 119 Å². The first-order chi connectivity index (χ1) is 9.58. The molecule has 1 aromatic carbocycles. The van der Waals surface area contributed by atoms with E-state index < -0.39 is 5.82 Å². The number of carbonyl (C=O) groups is 1. The van der Waals surface area contributed by atoms with Crippen LogP contribution in [0.25, 0.3) is 0 Å². The van der Waals surface area contributed by atoms with Crippen molar-refractivity contribution in [1.82, 2.24) is 4.90 Å². The maximum absolute atomic E-state index is 13.6. The summed E-state index contributed by atoms with van der Waals surface area (Å²) in [5, 5.41) is 9.35. The van der Waals surface area contributed by atoms with Crippen molar-refractivity contribution in [1.29, 1.82) is 0 Å². The van der Waals surface area contributed by atoms with Gasteiger partial charge in [0.05, 0.1) is 5.56 Å². The fourth-order valence-electron chi connectivity index (χ4n) is 2.90. The highest BCUT2D eigenvalue weighted by Crippen LogP contribution is 2.28. The molecule has 2 rings (SSSR count). The molecule has 0 unspecified atom stereocenters. The number of amides is 1. The summed E-state index contributed by atoms with van der Waals surface area (Å²) in [7, 11) is 1.68. The van der Waals surface area contributed by atoms with Crippen molar-refractivity contribution < 1.29 is 14.3 Å². The number of phenols is 1. The summed E-state index contributed by atoms with van der Waals surface area (Å²) >= 11 is 0. The normalized spacial score (nSPS) is 15.5. The predicted octanol–water partition coefficient (Wildman–Crippen LogP) is 3.57. The molecule has 1 aliphatic carbocycles. The van der Waals surface area contributed by atoms with Crippen LogP contribution in [0.15, 0.2) is 18.2 Å². The van der Waals surface area contributed by atoms with Crippen LogP contribution in [-0.2, 0) is 0 Å². The highest BCUT2D eigenvalue weighted by atomic mass is 19.1. The van der Waals surface area contributed by atoms with Gasteiger partial charge in [-0.2, -0.15) is 0 Å². The molecule has 0 heterocycles. The van der Waals surface area contributed by atoms with Crippen molar-refractivity contribution in [2.45, 2.75) is 38.5 Å². The molecule has 1 amide bonds. The predicted molar refractivity (Wildman–Crippen MR) is 76.2 cm³/mol. The van der Waals surface area contributed by atoms with E-state index in [1.54, 1.807) is 7.05 Å². The molecule has 1 aliphatic rings. The fraction of sp³-hybridized carbons (Fsp3) is 0.562. The first-order valence-corrected chi connectivity index (χ1v) is 7.32. The average molecular weight is 279 g/mol. The van der Waals surface area contributed by atoms with Crippen LogP contribution in [0.4, 0.5) is 4.39 Å². The Morgan fingerprint density at radius 1 is 1.40 bits per heavy atom. The van der Waals surface area contributed by atoms with E-state index in [9.17, 15) is 14.3 Å². The molecule has 0 aliphatic heterocycles. The molecule has 0 bridgehead atoms. The molecular formula is C16H22FNO2. The zero-order valence-corrected chi connectivity index (χ0v) is 11.9. The van der Waals surface area contributed by atoms with Gasteiger partial charge in [0.1, 0.15) is 11.6 Å². The quantitative estimate of drug-likeness (QED) is 0.895. The molecule has 0 spiro atoms. The van der Waals surface area contributed by atoms with Crippen LogP contribution in [0.5, 0.6) is 5.75 Å². The number of hydrogen-bond acceptors (Lipinski definition) is 2. The van der Waals surface area contributed by atoms with Gasteiger partial charge in [0.2, 0.25) is 0 Å². The molecule has 4 heteroatoms. The maximum Gasteiger partial charge on any atom is 0.256 e. The zero-order valence-electron chi connectivity index (χ0n) is 11.9. The highest BCUT2D eigenvalue weighted by molar-refractivity contribution is 5.94. The lowest BCUT2D eigenvalue weighted by atomic mass is 10.0. The van der Waals surface area contributed by atoms with E-state index in [1.807, 2.05) is 0 Å². The summed E-state index contributed by atoms with van der Waals surface area (Å²) in [6.07, 6.45) is 7.35. The Morgan fingerprint density at radius 2 is 2.10 bits per heavy atom. The smallest absolute Gasteiger partial charge is 0.256 e. The standard InChI is InChI=1S/C16H22FNO2/c1-18(10-4-7-12-5-2-3-6-12)16(20)14-11-13(19)8-9-15(14)17/h8-9,11-12,19H,2-7,10H2,1H3. The van der Waals surface area contributed by atoms with Crippen molar-refractivity contribution in [2.24, 2.45) is 5.92 Å². The molecule has 20 heavy (non-hydrogen) atoms. The Balaban J connectivity index is 1.86. The topological polar surface area (TPSA) is 40.5 Å². The minimum absolute atomic E-state index is 0.0617. The molecule has 1 fully saturated rings. The van der Waals surface area contributed by atoms with Gasteiger partial charge in [0.25, 0.3) is 5.91 Å². The number of phenolic OH excluding ortho intramolecular Hbond substituents is 1. The number of carbonyl (C=O) groups excluding carboxylic acids is 1. The molecule has 0 saturated heterocycles. The van der Waals surface area contributed by atoms with Crippen molar-refractivity contribution in [2.75, 3.05) is 13.6 Å². The molecule has 0 atom stereocenters. The van der Waals surface area contributed by atoms with Crippen LogP contribution in [-0.4, -0.2) is 29.5 Å². The molecule has 1 N–H and O–H groups in total. The van der Waals surface area contributed by atoms with Crippen LogP contribution in [0.3, 0.4) is 0 Å². The monoisotopic (exact) mass is 279 g/mol. The van der Waals surface area contributed by atoms with E-state index in [2.05, 4.69) is 0 Å². The Kier molecular flexibility index (Phi) is 4.99. The molecule has 3 nitrogen and oxygen atoms in total. The summed E-state index contributed by atoms with van der Waals surface area (Å²) in [5.41, 5.74) is -0.0617. The summed E-state index contributed by atoms with van der Waals surface area (Å²) in [4.78, 5) is 13.7. The van der Waals surface area contributed by atoms with Gasteiger partial charge in [-0.1, -0.05) is 25.7 Å². The minimum atomic E-state index is -0.588. The van der Waals surface area contributed by atoms with Crippen LogP contribution in [0, 0.1) is 11.7 Å². The zero-order chi connectivity index (χ0) is 14.5. The summed E-state index contributed by atoms with van der Waals surface area (Å²) in [6, 6.07) is 3.55. The lowest BCUT2D eigenvalue weighted by Gasteiger charge is -2.18. The van der Waals surface area contributed by atoms with Gasteiger partial charge in [0.15, 0.2) is 0 Å². The van der Waals surface area contributed by atoms with E-state index >= 15 is 0 Å². The molecule has 110 valence electrons. The lowest BCUT2D eigenvalue weighted by molar-refractivity contribution is 0.0786. The second kappa shape index (κ2) is 6.73. The number of hydrogen-bond donors (Lipinski definition) is 1. The first-order valence-electron chi connectivity index (χ1n) is 7.32. The second-order valence-electron chi connectivity index (χ2n) is 5.68. The average Bonchev–Trinajstić information content (AvgIpc) is 2.94. The molecular weight excluding hydrogens is 257 g/mol. The van der Waals surface area contributed by atoms with Crippen LogP contribution < -0.4 is 0 Å². The van der Waals surface area contributed by atoms with Crippen LogP contribution in [0.1, 0.15) is 48.9 Å². The maximum atomic E-state index is 13.6. The van der Waals surface area contributed by atoms with E-state index in [0.717, 1.165) is 24.8 Å². The number of aromatic hydroxyl groups is 1. The van der Waals surface area contributed by atoms with Crippen LogP contribution in [0.2, 0.25) is 0 Å². The highest BCUT2D eigenvalue weighted by Gasteiger charge is 2.18. The van der Waals surface area contributed by atoms with Crippen molar-refractivity contribution in [3.8, 4) is 5.75 Å². The van der Waals surface area contributed by atoms with Crippen LogP contribution >= 0.6 is 0 Å². The van der Waals surface area contributed by atoms with E-state index in [-0.39, 0.29) is 17.2 Å². The lowest BCUT2D eigenvalue weighted by Crippen LogP contribution is -2.28. The second-order valence-corrected chi connectivity index (χ2v) is 5.68. The van der Waals surface area contributed by atoms with Gasteiger partial charge in [-0.25, -0.2) is 4.39 Å². The summed E-state index contributed by atoms with van der Waals surface area (Å²) in [6.45, 7) is 0.629. The minimum Gasteiger partial charge on any atom is -0.508 e. The summed E-state index contributed by atoms with van der Waals surface area (Å²) < 4.78 is 13.6. The van der Waals surface area contributed by atoms with E-state index in [0.29, 0.717) is 6.54 Å². The van der Waals surface area contributed by atoms with Gasteiger partial charge in [0, 0.05) is 13.6 Å². The van der Waals surface area contributed by atoms with Crippen molar-refractivity contribution >= 4 is 5.91 Å². The van der Waals surface area contributed by atoms with Gasteiger partial charge >= 0.3 is 0 Å². The van der Waals surface area contributed by atoms with Crippen molar-refractivity contribution in [3.63, 3.8) is 0 Å². The number of benzene rings is 1. The first kappa shape index (κ1) is 14.8. The summed E-state index contributed by atoms with van der Waals surface area (Å²) in [5.74, 6) is -0.245. The molecule has 1 aromatic rings. The Bertz CT molecular complexity index is 470. The largest absolute Gasteiger partial charge is 0.508 e. The third-order valence-corrected chi connectivity index (χ3v) is 4.11. The number of nitrogens with zero attached hydrogens (tertiary/aromatic N) is 1. The van der Waals surface area contributed by atoms with Gasteiger partial charge in [-0.05, 0) is 37.0 Å². The van der Waals surface area contributed by atoms with E-state index in [4.69, 9.17) is 0 Å². The fourth-order valence-corrected chi connectivity index (χ4v) is 2.90. The Morgan fingerprint density at radius 3 is 2.80 bits per heavy atom. The number of halogens is 1. The number of rotatable bonds is 5. The molecule has 0 aromatic heterocycles. The Hall–Kier alpha value is -1.58. The van der Waals surface area contributed by atoms with Gasteiger partial charge in [-0.3, -0.25) is 4.79 Å². The molecule has 1 saturated carbocycles. The molecule has 0 radical (unpaired) electrons. The van der Waals surface area contributed by atoms with Gasteiger partial charge in [-0.15, -0.1) is 0 Å². The van der Waals surface area contributed by atoms with Gasteiger partial charge < -0.3 is 10.0 Å². The van der Waals surface area contributed by atoms with E-state index in [1.165, 1.54) is 42.7 Å². The van der Waals surface area contributed by atoms with Crippen molar-refractivity contribution in [3.05, 3.63) is 29.6 Å².